The molecule has 138 valence electrons. The molecule has 0 radical (unpaired) electrons. The molecule has 2 N–H and O–H groups in total. The van der Waals surface area contributed by atoms with Crippen molar-refractivity contribution in [1.29, 1.82) is 0 Å². The van der Waals surface area contributed by atoms with Crippen LogP contribution in [-0.2, 0) is 9.59 Å². The topological polar surface area (TPSA) is 61.4 Å². The van der Waals surface area contributed by atoms with E-state index in [2.05, 4.69) is 39.8 Å². The van der Waals surface area contributed by atoms with Crippen molar-refractivity contribution < 1.29 is 9.59 Å². The lowest BCUT2D eigenvalue weighted by Gasteiger charge is -2.19. The Bertz CT molecular complexity index is 718. The van der Waals surface area contributed by atoms with E-state index < -0.39 is 0 Å². The summed E-state index contributed by atoms with van der Waals surface area (Å²) >= 11 is 1.55. The molecule has 6 heteroatoms. The molecule has 2 aromatic rings. The van der Waals surface area contributed by atoms with Gasteiger partial charge in [0.1, 0.15) is 0 Å². The minimum Gasteiger partial charge on any atom is -0.371 e. The van der Waals surface area contributed by atoms with Crippen molar-refractivity contribution in [3.05, 3.63) is 52.7 Å². The third-order valence-electron chi connectivity index (χ3n) is 4.65. The molecule has 2 unspecified atom stereocenters. The number of hydrogen-bond acceptors (Lipinski definition) is 4. The maximum atomic E-state index is 12.4. The van der Waals surface area contributed by atoms with Crippen molar-refractivity contribution in [3.8, 4) is 0 Å². The molecule has 3 rings (SSSR count). The number of nitrogens with zero attached hydrogens (tertiary/aromatic N) is 1. The molecule has 0 saturated carbocycles. The molecule has 26 heavy (non-hydrogen) atoms. The predicted molar refractivity (Wildman–Crippen MR) is 105 cm³/mol. The fourth-order valence-electron chi connectivity index (χ4n) is 3.35. The Kier molecular flexibility index (Phi) is 6.28. The summed E-state index contributed by atoms with van der Waals surface area (Å²) in [4.78, 5) is 27.2. The summed E-state index contributed by atoms with van der Waals surface area (Å²) in [5.74, 6) is 0.320. The number of para-hydroxylation sites is 1. The quantitative estimate of drug-likeness (QED) is 0.787. The second-order valence-electron chi connectivity index (χ2n) is 6.71. The van der Waals surface area contributed by atoms with Crippen molar-refractivity contribution in [2.75, 3.05) is 24.5 Å². The number of thiophene rings is 1. The Hall–Kier alpha value is -2.34. The first-order chi connectivity index (χ1) is 12.6. The van der Waals surface area contributed by atoms with Gasteiger partial charge in [0.25, 0.3) is 0 Å². The lowest BCUT2D eigenvalue weighted by molar-refractivity contribution is -0.122. The van der Waals surface area contributed by atoms with Crippen molar-refractivity contribution in [2.24, 2.45) is 5.92 Å². The molecule has 0 bridgehead atoms. The molecule has 1 aromatic heterocycles. The molecular weight excluding hydrogens is 346 g/mol. The van der Waals surface area contributed by atoms with Crippen LogP contribution in [0.25, 0.3) is 0 Å². The maximum absolute atomic E-state index is 12.4. The minimum absolute atomic E-state index is 0.0182. The molecule has 1 aliphatic rings. The zero-order valence-electron chi connectivity index (χ0n) is 15.0. The Morgan fingerprint density at radius 2 is 2.04 bits per heavy atom. The van der Waals surface area contributed by atoms with Gasteiger partial charge in [0, 0.05) is 37.1 Å². The Balaban J connectivity index is 1.47. The van der Waals surface area contributed by atoms with E-state index in [9.17, 15) is 9.59 Å². The van der Waals surface area contributed by atoms with E-state index in [1.807, 2.05) is 23.6 Å². The van der Waals surface area contributed by atoms with Crippen LogP contribution in [0.4, 0.5) is 5.69 Å². The lowest BCUT2D eigenvalue weighted by Crippen LogP contribution is -2.35. The molecule has 1 aliphatic heterocycles. The second kappa shape index (κ2) is 8.85. The number of carbonyl (C=O) groups is 2. The van der Waals surface area contributed by atoms with Gasteiger partial charge in [0.05, 0.1) is 12.5 Å². The highest BCUT2D eigenvalue weighted by Crippen LogP contribution is 2.24. The van der Waals surface area contributed by atoms with E-state index >= 15 is 0 Å². The third kappa shape index (κ3) is 5.08. The normalized spacial score (nSPS) is 17.7. The fourth-order valence-corrected chi connectivity index (χ4v) is 4.12. The van der Waals surface area contributed by atoms with E-state index in [1.54, 1.807) is 11.3 Å². The minimum atomic E-state index is -0.253. The van der Waals surface area contributed by atoms with Crippen molar-refractivity contribution >= 4 is 28.8 Å². The van der Waals surface area contributed by atoms with Gasteiger partial charge in [-0.2, -0.15) is 0 Å². The van der Waals surface area contributed by atoms with Crippen LogP contribution in [0.15, 0.2) is 47.8 Å². The standard InChI is InChI=1S/C20H25N3O2S/c1-15(24)22-18(19-8-5-11-26-19)12-20(25)21-13-16-9-10-23(14-16)17-6-3-2-4-7-17/h2-8,11,16,18H,9-10,12-14H2,1H3,(H,21,25)(H,22,24). The van der Waals surface area contributed by atoms with Crippen molar-refractivity contribution in [2.45, 2.75) is 25.8 Å². The first kappa shape index (κ1) is 18.5. The zero-order valence-corrected chi connectivity index (χ0v) is 15.8. The Morgan fingerprint density at radius 3 is 2.73 bits per heavy atom. The average Bonchev–Trinajstić information content (AvgIpc) is 3.32. The van der Waals surface area contributed by atoms with Gasteiger partial charge in [-0.15, -0.1) is 11.3 Å². The van der Waals surface area contributed by atoms with Gasteiger partial charge < -0.3 is 15.5 Å². The SMILES string of the molecule is CC(=O)NC(CC(=O)NCC1CCN(c2ccccc2)C1)c1cccs1. The highest BCUT2D eigenvalue weighted by molar-refractivity contribution is 7.10. The van der Waals surface area contributed by atoms with Crippen LogP contribution in [0.3, 0.4) is 0 Å². The first-order valence-electron chi connectivity index (χ1n) is 8.99. The van der Waals surface area contributed by atoms with Crippen LogP contribution in [0.1, 0.15) is 30.7 Å². The largest absolute Gasteiger partial charge is 0.371 e. The highest BCUT2D eigenvalue weighted by atomic mass is 32.1. The van der Waals surface area contributed by atoms with Gasteiger partial charge in [0.2, 0.25) is 11.8 Å². The van der Waals surface area contributed by atoms with Crippen LogP contribution in [0.5, 0.6) is 0 Å². The number of hydrogen-bond donors (Lipinski definition) is 2. The monoisotopic (exact) mass is 371 g/mol. The number of nitrogens with one attached hydrogen (secondary N) is 2. The molecular formula is C20H25N3O2S. The third-order valence-corrected chi connectivity index (χ3v) is 5.63. The smallest absolute Gasteiger partial charge is 0.222 e. The molecule has 0 aliphatic carbocycles. The summed E-state index contributed by atoms with van der Waals surface area (Å²) in [6, 6.07) is 14.0. The van der Waals surface area contributed by atoms with Crippen LogP contribution in [0.2, 0.25) is 0 Å². The summed E-state index contributed by atoms with van der Waals surface area (Å²) in [7, 11) is 0. The molecule has 2 amide bonds. The van der Waals surface area contributed by atoms with Crippen LogP contribution >= 0.6 is 11.3 Å². The van der Waals surface area contributed by atoms with E-state index in [4.69, 9.17) is 0 Å². The van der Waals surface area contributed by atoms with E-state index in [0.29, 0.717) is 12.5 Å². The number of carbonyl (C=O) groups excluding carboxylic acids is 2. The summed E-state index contributed by atoms with van der Waals surface area (Å²) in [5.41, 5.74) is 1.24. The predicted octanol–water partition coefficient (Wildman–Crippen LogP) is 2.96. The highest BCUT2D eigenvalue weighted by Gasteiger charge is 2.24. The van der Waals surface area contributed by atoms with Gasteiger partial charge in [-0.1, -0.05) is 24.3 Å². The first-order valence-corrected chi connectivity index (χ1v) is 9.87. The summed E-state index contributed by atoms with van der Waals surface area (Å²) in [6.45, 7) is 4.15. The van der Waals surface area contributed by atoms with Crippen molar-refractivity contribution in [3.63, 3.8) is 0 Å². The molecule has 1 saturated heterocycles. The van der Waals surface area contributed by atoms with E-state index in [-0.39, 0.29) is 24.3 Å². The Labute approximate surface area is 158 Å². The maximum Gasteiger partial charge on any atom is 0.222 e. The summed E-state index contributed by atoms with van der Waals surface area (Å²) < 4.78 is 0. The van der Waals surface area contributed by atoms with Crippen LogP contribution < -0.4 is 15.5 Å². The van der Waals surface area contributed by atoms with Crippen LogP contribution in [-0.4, -0.2) is 31.4 Å². The molecule has 1 fully saturated rings. The number of benzene rings is 1. The Morgan fingerprint density at radius 1 is 1.23 bits per heavy atom. The van der Waals surface area contributed by atoms with Gasteiger partial charge in [-0.3, -0.25) is 9.59 Å². The number of anilines is 1. The van der Waals surface area contributed by atoms with Crippen LogP contribution in [0, 0.1) is 5.92 Å². The van der Waals surface area contributed by atoms with E-state index in [1.165, 1.54) is 12.6 Å². The average molecular weight is 372 g/mol. The van der Waals surface area contributed by atoms with Gasteiger partial charge >= 0.3 is 0 Å². The van der Waals surface area contributed by atoms with Gasteiger partial charge in [-0.05, 0) is 35.9 Å². The van der Waals surface area contributed by atoms with E-state index in [0.717, 1.165) is 24.4 Å². The zero-order chi connectivity index (χ0) is 18.4. The number of rotatable bonds is 7. The van der Waals surface area contributed by atoms with Crippen molar-refractivity contribution in [1.82, 2.24) is 10.6 Å². The molecule has 2 atom stereocenters. The summed E-state index contributed by atoms with van der Waals surface area (Å²) in [5, 5.41) is 7.88. The lowest BCUT2D eigenvalue weighted by atomic mass is 10.1. The summed E-state index contributed by atoms with van der Waals surface area (Å²) in [6.07, 6.45) is 1.35. The second-order valence-corrected chi connectivity index (χ2v) is 7.69. The molecule has 0 spiro atoms. The van der Waals surface area contributed by atoms with Gasteiger partial charge in [0.15, 0.2) is 0 Å². The molecule has 5 nitrogen and oxygen atoms in total. The number of amides is 2. The fraction of sp³-hybridized carbons (Fsp3) is 0.400. The molecule has 2 heterocycles. The molecule has 1 aromatic carbocycles. The van der Waals surface area contributed by atoms with Gasteiger partial charge in [-0.25, -0.2) is 0 Å².